The van der Waals surface area contributed by atoms with Crippen LogP contribution in [-0.2, 0) is 21.2 Å². The minimum absolute atomic E-state index is 0.00362. The first-order valence-corrected chi connectivity index (χ1v) is 9.57. The van der Waals surface area contributed by atoms with Crippen LogP contribution in [0.2, 0.25) is 0 Å². The summed E-state index contributed by atoms with van der Waals surface area (Å²) in [6.07, 6.45) is 1.40. The lowest BCUT2D eigenvalue weighted by Crippen LogP contribution is -2.17. The zero-order valence-electron chi connectivity index (χ0n) is 14.4. The van der Waals surface area contributed by atoms with Crippen LogP contribution in [0.25, 0.3) is 0 Å². The smallest absolute Gasteiger partial charge is 0.311 e. The average molecular weight is 380 g/mol. The van der Waals surface area contributed by atoms with Crippen LogP contribution in [0.3, 0.4) is 0 Å². The number of anilines is 2. The Morgan fingerprint density at radius 1 is 1.23 bits per heavy atom. The van der Waals surface area contributed by atoms with Gasteiger partial charge in [-0.15, -0.1) is 0 Å². The number of carboxylic acid groups (broad SMARTS) is 1. The van der Waals surface area contributed by atoms with Crippen molar-refractivity contribution in [2.45, 2.75) is 26.7 Å². The summed E-state index contributed by atoms with van der Waals surface area (Å²) in [5, 5.41) is 11.5. The Morgan fingerprint density at radius 3 is 2.58 bits per heavy atom. The highest BCUT2D eigenvalue weighted by atomic mass is 32.2. The predicted molar refractivity (Wildman–Crippen MR) is 96.9 cm³/mol. The van der Waals surface area contributed by atoms with Gasteiger partial charge in [-0.2, -0.15) is 0 Å². The quantitative estimate of drug-likeness (QED) is 0.646. The molecule has 0 unspecified atom stereocenters. The summed E-state index contributed by atoms with van der Waals surface area (Å²) in [5.74, 6) is -1.58. The maximum atomic E-state index is 12.5. The number of rotatable bonds is 8. The largest absolute Gasteiger partial charge is 0.481 e. The van der Waals surface area contributed by atoms with Gasteiger partial charge in [0.2, 0.25) is 10.0 Å². The van der Waals surface area contributed by atoms with Crippen LogP contribution in [-0.4, -0.2) is 31.2 Å². The van der Waals surface area contributed by atoms with Crippen molar-refractivity contribution in [1.82, 2.24) is 0 Å². The van der Waals surface area contributed by atoms with E-state index in [-0.39, 0.29) is 17.1 Å². The molecular weight excluding hydrogens is 360 g/mol. The van der Waals surface area contributed by atoms with Crippen molar-refractivity contribution < 1.29 is 27.5 Å². The summed E-state index contributed by atoms with van der Waals surface area (Å²) in [4.78, 5) is 23.4. The first kappa shape index (κ1) is 19.5. The molecule has 0 saturated carbocycles. The average Bonchev–Trinajstić information content (AvgIpc) is 2.86. The van der Waals surface area contributed by atoms with Gasteiger partial charge in [0.15, 0.2) is 0 Å². The molecular formula is C17H20N2O6S. The molecule has 0 atom stereocenters. The molecule has 9 heteroatoms. The lowest BCUT2D eigenvalue weighted by Gasteiger charge is -2.10. The molecule has 0 aliphatic heterocycles. The van der Waals surface area contributed by atoms with Gasteiger partial charge in [-0.05, 0) is 31.5 Å². The molecule has 0 radical (unpaired) electrons. The molecule has 8 nitrogen and oxygen atoms in total. The Morgan fingerprint density at radius 2 is 1.92 bits per heavy atom. The molecule has 2 aromatic rings. The second-order valence-electron chi connectivity index (χ2n) is 5.74. The van der Waals surface area contributed by atoms with E-state index < -0.39 is 28.3 Å². The Balaban J connectivity index is 2.19. The number of amides is 1. The van der Waals surface area contributed by atoms with E-state index in [1.165, 1.54) is 12.3 Å². The van der Waals surface area contributed by atoms with Crippen molar-refractivity contribution in [3.8, 4) is 0 Å². The third kappa shape index (κ3) is 5.09. The van der Waals surface area contributed by atoms with Crippen molar-refractivity contribution in [1.29, 1.82) is 0 Å². The van der Waals surface area contributed by atoms with Crippen LogP contribution in [0.4, 0.5) is 11.4 Å². The molecule has 0 aliphatic rings. The summed E-state index contributed by atoms with van der Waals surface area (Å²) >= 11 is 0. The second-order valence-corrected chi connectivity index (χ2v) is 7.59. The summed E-state index contributed by atoms with van der Waals surface area (Å²) in [6, 6.07) is 6.25. The molecule has 0 saturated heterocycles. The maximum Gasteiger partial charge on any atom is 0.311 e. The van der Waals surface area contributed by atoms with E-state index >= 15 is 0 Å². The number of carbonyl (C=O) groups is 2. The Bertz CT molecular complexity index is 917. The SMILES string of the molecule is CCCS(=O)(=O)Nc1cccc(NC(=O)c2c(C)coc2CC(=O)O)c1. The van der Waals surface area contributed by atoms with E-state index in [4.69, 9.17) is 9.52 Å². The molecule has 0 bridgehead atoms. The van der Waals surface area contributed by atoms with Crippen molar-refractivity contribution in [2.75, 3.05) is 15.8 Å². The molecule has 0 spiro atoms. The number of hydrogen-bond acceptors (Lipinski definition) is 5. The highest BCUT2D eigenvalue weighted by Gasteiger charge is 2.20. The van der Waals surface area contributed by atoms with Crippen molar-refractivity contribution in [2.24, 2.45) is 0 Å². The van der Waals surface area contributed by atoms with E-state index in [0.29, 0.717) is 23.4 Å². The number of benzene rings is 1. The molecule has 3 N–H and O–H groups in total. The van der Waals surface area contributed by atoms with Gasteiger partial charge in [-0.25, -0.2) is 8.42 Å². The third-order valence-electron chi connectivity index (χ3n) is 3.46. The lowest BCUT2D eigenvalue weighted by molar-refractivity contribution is -0.136. The monoisotopic (exact) mass is 380 g/mol. The molecule has 0 aliphatic carbocycles. The fourth-order valence-electron chi connectivity index (χ4n) is 2.42. The topological polar surface area (TPSA) is 126 Å². The predicted octanol–water partition coefficient (Wildman–Crippen LogP) is 2.62. The molecule has 0 fully saturated rings. The van der Waals surface area contributed by atoms with Crippen LogP contribution >= 0.6 is 0 Å². The molecule has 26 heavy (non-hydrogen) atoms. The van der Waals surface area contributed by atoms with E-state index in [0.717, 1.165) is 0 Å². The summed E-state index contributed by atoms with van der Waals surface area (Å²) in [7, 11) is -3.44. The third-order valence-corrected chi connectivity index (χ3v) is 4.95. The summed E-state index contributed by atoms with van der Waals surface area (Å²) < 4.78 is 31.3. The number of aliphatic carboxylic acids is 1. The van der Waals surface area contributed by atoms with Crippen LogP contribution in [0.1, 0.15) is 35.0 Å². The summed E-state index contributed by atoms with van der Waals surface area (Å²) in [6.45, 7) is 3.40. The number of hydrogen-bond donors (Lipinski definition) is 3. The molecule has 140 valence electrons. The molecule has 1 amide bonds. The van der Waals surface area contributed by atoms with Crippen LogP contribution in [0.5, 0.6) is 0 Å². The fourth-order valence-corrected chi connectivity index (χ4v) is 3.55. The number of carboxylic acids is 1. The van der Waals surface area contributed by atoms with Crippen molar-refractivity contribution >= 4 is 33.3 Å². The molecule has 1 aromatic heterocycles. The highest BCUT2D eigenvalue weighted by Crippen LogP contribution is 2.21. The van der Waals surface area contributed by atoms with Gasteiger partial charge in [0, 0.05) is 11.3 Å². The zero-order chi connectivity index (χ0) is 19.3. The van der Waals surface area contributed by atoms with Gasteiger partial charge in [0.05, 0.1) is 23.3 Å². The van der Waals surface area contributed by atoms with Crippen LogP contribution in [0, 0.1) is 6.92 Å². The Labute approximate surface area is 151 Å². The van der Waals surface area contributed by atoms with Crippen LogP contribution in [0.15, 0.2) is 34.9 Å². The normalized spacial score (nSPS) is 11.2. The highest BCUT2D eigenvalue weighted by molar-refractivity contribution is 7.92. The Kier molecular flexibility index (Phi) is 6.04. The molecule has 1 heterocycles. The van der Waals surface area contributed by atoms with Gasteiger partial charge in [0.25, 0.3) is 5.91 Å². The number of aryl methyl sites for hydroxylation is 1. The summed E-state index contributed by atoms with van der Waals surface area (Å²) in [5.41, 5.74) is 1.36. The number of nitrogens with one attached hydrogen (secondary N) is 2. The first-order valence-electron chi connectivity index (χ1n) is 7.92. The van der Waals surface area contributed by atoms with E-state index in [1.807, 2.05) is 0 Å². The number of furan rings is 1. The van der Waals surface area contributed by atoms with Gasteiger partial charge >= 0.3 is 5.97 Å². The number of sulfonamides is 1. The van der Waals surface area contributed by atoms with E-state index in [1.54, 1.807) is 32.0 Å². The van der Waals surface area contributed by atoms with Gasteiger partial charge in [0.1, 0.15) is 12.2 Å². The first-order chi connectivity index (χ1) is 12.2. The standard InChI is InChI=1S/C17H20N2O6S/c1-3-7-26(23,24)19-13-6-4-5-12(8-13)18-17(22)16-11(2)10-25-14(16)9-15(20)21/h4-6,8,10,19H,3,7,9H2,1-2H3,(H,18,22)(H,20,21). The Hall–Kier alpha value is -2.81. The fraction of sp³-hybridized carbons (Fsp3) is 0.294. The van der Waals surface area contributed by atoms with Crippen LogP contribution < -0.4 is 10.0 Å². The van der Waals surface area contributed by atoms with Gasteiger partial charge in [-0.3, -0.25) is 14.3 Å². The minimum Gasteiger partial charge on any atom is -0.481 e. The van der Waals surface area contributed by atoms with Gasteiger partial charge < -0.3 is 14.8 Å². The molecule has 1 aromatic carbocycles. The zero-order valence-corrected chi connectivity index (χ0v) is 15.2. The van der Waals surface area contributed by atoms with E-state index in [2.05, 4.69) is 10.0 Å². The van der Waals surface area contributed by atoms with E-state index in [9.17, 15) is 18.0 Å². The lowest BCUT2D eigenvalue weighted by atomic mass is 10.1. The second kappa shape index (κ2) is 8.05. The van der Waals surface area contributed by atoms with Crippen molar-refractivity contribution in [3.05, 3.63) is 47.4 Å². The maximum absolute atomic E-state index is 12.5. The van der Waals surface area contributed by atoms with Gasteiger partial charge in [-0.1, -0.05) is 13.0 Å². The number of carbonyl (C=O) groups excluding carboxylic acids is 1. The minimum atomic E-state index is -3.44. The van der Waals surface area contributed by atoms with Crippen molar-refractivity contribution in [3.63, 3.8) is 0 Å². The molecule has 2 rings (SSSR count).